The Morgan fingerprint density at radius 3 is 2.24 bits per heavy atom. The first-order valence-corrected chi connectivity index (χ1v) is 12.7. The van der Waals surface area contributed by atoms with Gasteiger partial charge in [0.15, 0.2) is 0 Å². The molecule has 2 aromatic carbocycles. The monoisotopic (exact) mass is 490 g/mol. The summed E-state index contributed by atoms with van der Waals surface area (Å²) >= 11 is 0. The lowest BCUT2D eigenvalue weighted by molar-refractivity contribution is -0.119. The number of para-hydroxylation sites is 1. The summed E-state index contributed by atoms with van der Waals surface area (Å²) in [5.41, 5.74) is 1.06. The van der Waals surface area contributed by atoms with Crippen molar-refractivity contribution >= 4 is 33.2 Å². The normalized spacial score (nSPS) is 15.1. The summed E-state index contributed by atoms with van der Waals surface area (Å²) in [6.45, 7) is 2.51. The Morgan fingerprint density at radius 1 is 0.971 bits per heavy atom. The van der Waals surface area contributed by atoms with Gasteiger partial charge in [-0.3, -0.25) is 14.5 Å². The molecule has 0 bridgehead atoms. The van der Waals surface area contributed by atoms with Crippen molar-refractivity contribution in [3.05, 3.63) is 53.8 Å². The molecular weight excluding hydrogens is 459 g/mol. The molecule has 1 fully saturated rings. The van der Waals surface area contributed by atoms with Crippen LogP contribution < -0.4 is 10.6 Å². The van der Waals surface area contributed by atoms with Crippen molar-refractivity contribution in [3.8, 4) is 0 Å². The van der Waals surface area contributed by atoms with E-state index < -0.39 is 27.7 Å². The number of amides is 2. The fourth-order valence-electron chi connectivity index (χ4n) is 3.88. The molecule has 0 spiro atoms. The molecule has 1 heterocycles. The molecule has 0 aliphatic carbocycles. The number of anilines is 2. The number of carbonyl (C=O) groups is 2. The fourth-order valence-corrected chi connectivity index (χ4v) is 5.64. The zero-order chi connectivity index (χ0) is 24.7. The third-order valence-corrected chi connectivity index (χ3v) is 7.67. The molecule has 1 aliphatic heterocycles. The Labute approximate surface area is 200 Å². The van der Waals surface area contributed by atoms with Gasteiger partial charge in [0.1, 0.15) is 5.82 Å². The number of hydrogen-bond donors (Lipinski definition) is 2. The second-order valence-electron chi connectivity index (χ2n) is 8.55. The molecule has 184 valence electrons. The van der Waals surface area contributed by atoms with Gasteiger partial charge in [0.25, 0.3) is 0 Å². The lowest BCUT2D eigenvalue weighted by atomic mass is 10.2. The first-order valence-electron chi connectivity index (χ1n) is 11.3. The third-order valence-electron chi connectivity index (χ3n) is 5.63. The Bertz CT molecular complexity index is 1130. The van der Waals surface area contributed by atoms with Crippen molar-refractivity contribution in [1.82, 2.24) is 9.21 Å². The van der Waals surface area contributed by atoms with E-state index in [0.29, 0.717) is 24.3 Å². The molecule has 10 heteroatoms. The Balaban J connectivity index is 1.60. The first-order chi connectivity index (χ1) is 16.2. The van der Waals surface area contributed by atoms with Gasteiger partial charge in [0.2, 0.25) is 21.8 Å². The molecule has 1 aliphatic rings. The summed E-state index contributed by atoms with van der Waals surface area (Å²) in [6, 6.07) is 10.6. The lowest BCUT2D eigenvalue weighted by Crippen LogP contribution is -2.36. The topological polar surface area (TPSA) is 98.8 Å². The molecule has 0 radical (unpaired) electrons. The molecule has 0 unspecified atom stereocenters. The van der Waals surface area contributed by atoms with Crippen LogP contribution in [0, 0.1) is 12.7 Å². The van der Waals surface area contributed by atoms with Crippen LogP contribution in [0.5, 0.6) is 0 Å². The summed E-state index contributed by atoms with van der Waals surface area (Å²) in [4.78, 5) is 26.3. The standard InChI is InChI=1S/C24H31FN4O4S/c1-18-11-12-19(15-22(18)34(32,33)29-13-7-3-4-8-14-29)26-23(30)16-28(2)17-24(31)27-21-10-6-5-9-20(21)25/h5-6,9-12,15H,3-4,7-8,13-14,16-17H2,1-2H3,(H,26,30)(H,27,31). The van der Waals surface area contributed by atoms with Gasteiger partial charge >= 0.3 is 0 Å². The van der Waals surface area contributed by atoms with Crippen molar-refractivity contribution in [2.75, 3.05) is 43.9 Å². The second kappa shape index (κ2) is 11.5. The van der Waals surface area contributed by atoms with Crippen LogP contribution in [0.3, 0.4) is 0 Å². The predicted molar refractivity (Wildman–Crippen MR) is 130 cm³/mol. The Morgan fingerprint density at radius 2 is 1.59 bits per heavy atom. The molecule has 0 atom stereocenters. The highest BCUT2D eigenvalue weighted by atomic mass is 32.2. The van der Waals surface area contributed by atoms with Gasteiger partial charge < -0.3 is 10.6 Å². The van der Waals surface area contributed by atoms with Crippen molar-refractivity contribution in [2.45, 2.75) is 37.5 Å². The number of likely N-dealkylation sites (N-methyl/N-ethyl adjacent to an activating group) is 1. The molecule has 2 N–H and O–H groups in total. The summed E-state index contributed by atoms with van der Waals surface area (Å²) in [7, 11) is -2.07. The van der Waals surface area contributed by atoms with Crippen LogP contribution >= 0.6 is 0 Å². The van der Waals surface area contributed by atoms with Crippen LogP contribution in [0.15, 0.2) is 47.4 Å². The third kappa shape index (κ3) is 6.85. The van der Waals surface area contributed by atoms with Crippen LogP contribution in [0.25, 0.3) is 0 Å². The van der Waals surface area contributed by atoms with Gasteiger partial charge in [-0.05, 0) is 56.6 Å². The number of halogens is 1. The van der Waals surface area contributed by atoms with E-state index in [0.717, 1.165) is 25.7 Å². The Kier molecular flexibility index (Phi) is 8.76. The summed E-state index contributed by atoms with van der Waals surface area (Å²) in [5, 5.41) is 5.18. The first kappa shape index (κ1) is 25.8. The molecule has 2 amide bonds. The minimum absolute atomic E-state index is 0.0724. The van der Waals surface area contributed by atoms with Gasteiger partial charge in [0.05, 0.1) is 23.7 Å². The lowest BCUT2D eigenvalue weighted by Gasteiger charge is -2.22. The predicted octanol–water partition coefficient (Wildman–Crippen LogP) is 3.21. The minimum Gasteiger partial charge on any atom is -0.325 e. The number of benzene rings is 2. The molecule has 3 rings (SSSR count). The molecule has 0 saturated carbocycles. The van der Waals surface area contributed by atoms with Gasteiger partial charge in [-0.25, -0.2) is 12.8 Å². The van der Waals surface area contributed by atoms with E-state index in [9.17, 15) is 22.4 Å². The number of hydrogen-bond acceptors (Lipinski definition) is 5. The smallest absolute Gasteiger partial charge is 0.243 e. The van der Waals surface area contributed by atoms with Gasteiger partial charge in [-0.15, -0.1) is 0 Å². The zero-order valence-electron chi connectivity index (χ0n) is 19.5. The van der Waals surface area contributed by atoms with Crippen LogP contribution in [-0.2, 0) is 19.6 Å². The van der Waals surface area contributed by atoms with Gasteiger partial charge in [-0.1, -0.05) is 31.0 Å². The molecule has 34 heavy (non-hydrogen) atoms. The highest BCUT2D eigenvalue weighted by Crippen LogP contribution is 2.26. The number of carbonyl (C=O) groups excluding carboxylic acids is 2. The average Bonchev–Trinajstić information content (AvgIpc) is 3.06. The fraction of sp³-hybridized carbons (Fsp3) is 0.417. The van der Waals surface area contributed by atoms with E-state index in [1.165, 1.54) is 33.5 Å². The van der Waals surface area contributed by atoms with Gasteiger partial charge in [0, 0.05) is 18.8 Å². The van der Waals surface area contributed by atoms with Gasteiger partial charge in [-0.2, -0.15) is 4.31 Å². The van der Waals surface area contributed by atoms with Crippen molar-refractivity contribution < 1.29 is 22.4 Å². The van der Waals surface area contributed by atoms with E-state index in [-0.39, 0.29) is 23.7 Å². The van der Waals surface area contributed by atoms with Crippen LogP contribution in [0.4, 0.5) is 15.8 Å². The second-order valence-corrected chi connectivity index (χ2v) is 10.5. The molecule has 2 aromatic rings. The number of rotatable bonds is 8. The number of nitrogens with zero attached hydrogens (tertiary/aromatic N) is 2. The Hall–Kier alpha value is -2.82. The van der Waals surface area contributed by atoms with Crippen molar-refractivity contribution in [1.29, 1.82) is 0 Å². The number of nitrogens with one attached hydrogen (secondary N) is 2. The largest absolute Gasteiger partial charge is 0.325 e. The maximum Gasteiger partial charge on any atom is 0.243 e. The maximum absolute atomic E-state index is 13.7. The van der Waals surface area contributed by atoms with E-state index in [1.54, 1.807) is 32.2 Å². The van der Waals surface area contributed by atoms with Crippen LogP contribution in [-0.4, -0.2) is 62.7 Å². The van der Waals surface area contributed by atoms with Crippen LogP contribution in [0.1, 0.15) is 31.2 Å². The maximum atomic E-state index is 13.7. The number of sulfonamides is 1. The van der Waals surface area contributed by atoms with E-state index >= 15 is 0 Å². The van der Waals surface area contributed by atoms with E-state index in [4.69, 9.17) is 0 Å². The molecule has 8 nitrogen and oxygen atoms in total. The summed E-state index contributed by atoms with van der Waals surface area (Å²) < 4.78 is 41.6. The summed E-state index contributed by atoms with van der Waals surface area (Å²) in [5.74, 6) is -1.40. The molecular formula is C24H31FN4O4S. The highest BCUT2D eigenvalue weighted by molar-refractivity contribution is 7.89. The van der Waals surface area contributed by atoms with E-state index in [2.05, 4.69) is 10.6 Å². The summed E-state index contributed by atoms with van der Waals surface area (Å²) in [6.07, 6.45) is 3.72. The average molecular weight is 491 g/mol. The van der Waals surface area contributed by atoms with E-state index in [1.807, 2.05) is 0 Å². The van der Waals surface area contributed by atoms with Crippen molar-refractivity contribution in [3.63, 3.8) is 0 Å². The highest BCUT2D eigenvalue weighted by Gasteiger charge is 2.27. The minimum atomic E-state index is -3.66. The number of aryl methyl sites for hydroxylation is 1. The zero-order valence-corrected chi connectivity index (χ0v) is 20.3. The molecule has 0 aromatic heterocycles. The quantitative estimate of drug-likeness (QED) is 0.592. The molecule has 1 saturated heterocycles. The SMILES string of the molecule is Cc1ccc(NC(=O)CN(C)CC(=O)Nc2ccccc2F)cc1S(=O)(=O)N1CCCCCC1. The van der Waals surface area contributed by atoms with Crippen molar-refractivity contribution in [2.24, 2.45) is 0 Å². The van der Waals surface area contributed by atoms with Crippen LogP contribution in [0.2, 0.25) is 0 Å².